The molecule has 0 aromatic carbocycles. The maximum absolute atomic E-state index is 11.1. The van der Waals surface area contributed by atoms with Crippen molar-refractivity contribution in [1.82, 2.24) is 19.7 Å². The molecule has 0 bridgehead atoms. The quantitative estimate of drug-likeness (QED) is 0.488. The lowest BCUT2D eigenvalue weighted by Crippen LogP contribution is -2.01. The highest BCUT2D eigenvalue weighted by Crippen LogP contribution is 2.30. The summed E-state index contributed by atoms with van der Waals surface area (Å²) in [6.07, 6.45) is 4.18. The molecule has 19 heavy (non-hydrogen) atoms. The Morgan fingerprint density at radius 3 is 2.84 bits per heavy atom. The van der Waals surface area contributed by atoms with Crippen LogP contribution in [0.4, 0.5) is 5.69 Å². The Hall–Kier alpha value is -2.02. The fourth-order valence-electron chi connectivity index (χ4n) is 1.79. The first-order chi connectivity index (χ1) is 9.02. The number of rotatable bonds is 4. The average molecular weight is 282 g/mol. The van der Waals surface area contributed by atoms with E-state index in [4.69, 9.17) is 11.6 Å². The van der Waals surface area contributed by atoms with Crippen LogP contribution in [0.15, 0.2) is 12.4 Å². The fourth-order valence-corrected chi connectivity index (χ4v) is 2.00. The summed E-state index contributed by atoms with van der Waals surface area (Å²) in [6.45, 7) is 4.30. The molecule has 100 valence electrons. The van der Waals surface area contributed by atoms with Crippen molar-refractivity contribution < 1.29 is 4.92 Å². The van der Waals surface area contributed by atoms with Gasteiger partial charge >= 0.3 is 5.69 Å². The molecular formula is C11H12ClN5O2. The van der Waals surface area contributed by atoms with Gasteiger partial charge in [-0.2, -0.15) is 5.10 Å². The Bertz CT molecular complexity index is 626. The SMILES string of the molecule is CCCn1cc(-c2nc(Cl)nc(C)c2[N+](=O)[O-])cn1. The fraction of sp³-hybridized carbons (Fsp3) is 0.364. The first kappa shape index (κ1) is 13.4. The minimum absolute atomic E-state index is 0.0126. The largest absolute Gasteiger partial charge is 0.316 e. The van der Waals surface area contributed by atoms with E-state index in [1.165, 1.54) is 6.92 Å². The van der Waals surface area contributed by atoms with E-state index >= 15 is 0 Å². The third kappa shape index (κ3) is 2.70. The molecule has 0 saturated heterocycles. The second-order valence-electron chi connectivity index (χ2n) is 4.02. The van der Waals surface area contributed by atoms with Gasteiger partial charge < -0.3 is 0 Å². The Kier molecular flexibility index (Phi) is 3.75. The third-order valence-corrected chi connectivity index (χ3v) is 2.74. The molecule has 2 aromatic rings. The zero-order valence-corrected chi connectivity index (χ0v) is 11.3. The van der Waals surface area contributed by atoms with Crippen LogP contribution in [0.2, 0.25) is 5.28 Å². The van der Waals surface area contributed by atoms with Crippen LogP contribution in [0.25, 0.3) is 11.3 Å². The highest BCUT2D eigenvalue weighted by Gasteiger charge is 2.23. The summed E-state index contributed by atoms with van der Waals surface area (Å²) in [5.74, 6) is 0. The van der Waals surface area contributed by atoms with Gasteiger partial charge in [-0.3, -0.25) is 14.8 Å². The van der Waals surface area contributed by atoms with Crippen molar-refractivity contribution in [2.45, 2.75) is 26.8 Å². The second kappa shape index (κ2) is 5.31. The predicted octanol–water partition coefficient (Wildman–Crippen LogP) is 2.62. The van der Waals surface area contributed by atoms with E-state index in [0.29, 0.717) is 5.56 Å². The molecule has 0 radical (unpaired) electrons. The van der Waals surface area contributed by atoms with Gasteiger partial charge in [-0.05, 0) is 24.9 Å². The Morgan fingerprint density at radius 1 is 1.47 bits per heavy atom. The van der Waals surface area contributed by atoms with Crippen LogP contribution in [-0.2, 0) is 6.54 Å². The van der Waals surface area contributed by atoms with Crippen molar-refractivity contribution in [3.63, 3.8) is 0 Å². The minimum Gasteiger partial charge on any atom is -0.272 e. The van der Waals surface area contributed by atoms with Crippen LogP contribution in [0.5, 0.6) is 0 Å². The number of aromatic nitrogens is 4. The first-order valence-electron chi connectivity index (χ1n) is 5.74. The molecule has 2 heterocycles. The van der Waals surface area contributed by atoms with Crippen molar-refractivity contribution in [2.24, 2.45) is 0 Å². The molecule has 0 spiro atoms. The van der Waals surface area contributed by atoms with E-state index in [-0.39, 0.29) is 22.4 Å². The van der Waals surface area contributed by atoms with Crippen LogP contribution in [0.1, 0.15) is 19.0 Å². The molecule has 0 aliphatic carbocycles. The van der Waals surface area contributed by atoms with Crippen molar-refractivity contribution in [3.05, 3.63) is 33.5 Å². The van der Waals surface area contributed by atoms with Crippen molar-refractivity contribution in [3.8, 4) is 11.3 Å². The molecule has 0 fully saturated rings. The van der Waals surface area contributed by atoms with E-state index < -0.39 is 4.92 Å². The second-order valence-corrected chi connectivity index (χ2v) is 4.36. The predicted molar refractivity (Wildman–Crippen MR) is 69.9 cm³/mol. The first-order valence-corrected chi connectivity index (χ1v) is 6.12. The molecule has 2 rings (SSSR count). The van der Waals surface area contributed by atoms with Crippen molar-refractivity contribution in [1.29, 1.82) is 0 Å². The monoisotopic (exact) mass is 281 g/mol. The number of nitro groups is 1. The smallest absolute Gasteiger partial charge is 0.272 e. The van der Waals surface area contributed by atoms with Crippen LogP contribution < -0.4 is 0 Å². The molecule has 0 atom stereocenters. The summed E-state index contributed by atoms with van der Waals surface area (Å²) >= 11 is 5.77. The van der Waals surface area contributed by atoms with E-state index in [1.807, 2.05) is 6.92 Å². The van der Waals surface area contributed by atoms with E-state index in [9.17, 15) is 10.1 Å². The number of aryl methyl sites for hydroxylation is 2. The third-order valence-electron chi connectivity index (χ3n) is 2.57. The van der Waals surface area contributed by atoms with Gasteiger partial charge in [-0.25, -0.2) is 9.97 Å². The van der Waals surface area contributed by atoms with Crippen LogP contribution in [0.3, 0.4) is 0 Å². The van der Waals surface area contributed by atoms with Gasteiger partial charge in [-0.15, -0.1) is 0 Å². The summed E-state index contributed by atoms with van der Waals surface area (Å²) in [6, 6.07) is 0. The number of halogens is 1. The summed E-state index contributed by atoms with van der Waals surface area (Å²) < 4.78 is 1.71. The summed E-state index contributed by atoms with van der Waals surface area (Å²) in [4.78, 5) is 18.4. The van der Waals surface area contributed by atoms with Crippen LogP contribution in [-0.4, -0.2) is 24.7 Å². The van der Waals surface area contributed by atoms with Gasteiger partial charge in [0, 0.05) is 18.3 Å². The van der Waals surface area contributed by atoms with Crippen LogP contribution in [0, 0.1) is 17.0 Å². The maximum Gasteiger partial charge on any atom is 0.316 e. The molecule has 0 saturated carbocycles. The van der Waals surface area contributed by atoms with Gasteiger partial charge in [0.25, 0.3) is 0 Å². The van der Waals surface area contributed by atoms with Crippen LogP contribution >= 0.6 is 11.6 Å². The van der Waals surface area contributed by atoms with E-state index in [0.717, 1.165) is 13.0 Å². The summed E-state index contributed by atoms with van der Waals surface area (Å²) in [5, 5.41) is 15.2. The normalized spacial score (nSPS) is 10.7. The van der Waals surface area contributed by atoms with E-state index in [1.54, 1.807) is 17.1 Å². The lowest BCUT2D eigenvalue weighted by molar-refractivity contribution is -0.385. The molecule has 0 aliphatic rings. The number of hydrogen-bond donors (Lipinski definition) is 0. The lowest BCUT2D eigenvalue weighted by atomic mass is 10.2. The number of nitrogens with zero attached hydrogens (tertiary/aromatic N) is 5. The highest BCUT2D eigenvalue weighted by molar-refractivity contribution is 6.28. The van der Waals surface area contributed by atoms with Gasteiger partial charge in [0.15, 0.2) is 5.69 Å². The Balaban J connectivity index is 2.56. The molecule has 0 unspecified atom stereocenters. The standard InChI is InChI=1S/C11H12ClN5O2/c1-3-4-16-6-8(5-13-16)9-10(17(18)19)7(2)14-11(12)15-9/h5-6H,3-4H2,1-2H3. The molecule has 0 amide bonds. The average Bonchev–Trinajstić information content (AvgIpc) is 2.76. The Labute approximate surface area is 114 Å². The molecule has 8 heteroatoms. The van der Waals surface area contributed by atoms with Gasteiger partial charge in [0.05, 0.1) is 11.1 Å². The van der Waals surface area contributed by atoms with E-state index in [2.05, 4.69) is 15.1 Å². The topological polar surface area (TPSA) is 86.7 Å². The van der Waals surface area contributed by atoms with Gasteiger partial charge in [0.2, 0.25) is 5.28 Å². The summed E-state index contributed by atoms with van der Waals surface area (Å²) in [5.41, 5.74) is 0.862. The van der Waals surface area contributed by atoms with Gasteiger partial charge in [0.1, 0.15) is 5.69 Å². The number of hydrogen-bond acceptors (Lipinski definition) is 5. The zero-order chi connectivity index (χ0) is 14.0. The van der Waals surface area contributed by atoms with Gasteiger partial charge in [-0.1, -0.05) is 6.92 Å². The lowest BCUT2D eigenvalue weighted by Gasteiger charge is -2.02. The Morgan fingerprint density at radius 2 is 2.21 bits per heavy atom. The molecule has 0 N–H and O–H groups in total. The highest BCUT2D eigenvalue weighted by atomic mass is 35.5. The minimum atomic E-state index is -0.502. The summed E-state index contributed by atoms with van der Waals surface area (Å²) in [7, 11) is 0. The molecule has 7 nitrogen and oxygen atoms in total. The molecular weight excluding hydrogens is 270 g/mol. The van der Waals surface area contributed by atoms with Crippen molar-refractivity contribution in [2.75, 3.05) is 0 Å². The maximum atomic E-state index is 11.1. The zero-order valence-electron chi connectivity index (χ0n) is 10.5. The van der Waals surface area contributed by atoms with Crippen molar-refractivity contribution >= 4 is 17.3 Å². The molecule has 2 aromatic heterocycles. The molecule has 0 aliphatic heterocycles.